The first kappa shape index (κ1) is 18.0. The molecule has 24 heavy (non-hydrogen) atoms. The summed E-state index contributed by atoms with van der Waals surface area (Å²) in [6, 6.07) is 13.4. The molecule has 0 radical (unpaired) electrons. The molecule has 2 aromatic rings. The Morgan fingerprint density at radius 3 is 2.29 bits per heavy atom. The normalized spacial score (nSPS) is 12.5. The van der Waals surface area contributed by atoms with E-state index < -0.39 is 9.84 Å². The number of hydrogen-bond acceptors (Lipinski definition) is 4. The fourth-order valence-electron chi connectivity index (χ4n) is 2.35. The largest absolute Gasteiger partial charge is 0.497 e. The SMILES string of the molecule is COc1cccc(C(=O)N(C)C(C)c2ccc(S(C)(=O)=O)cc2)c1. The van der Waals surface area contributed by atoms with E-state index in [1.54, 1.807) is 67.6 Å². The van der Waals surface area contributed by atoms with E-state index in [4.69, 9.17) is 4.74 Å². The summed E-state index contributed by atoms with van der Waals surface area (Å²) in [6.45, 7) is 1.90. The standard InChI is InChI=1S/C18H21NO4S/c1-13(14-8-10-17(11-9-14)24(4,21)22)19(2)18(20)15-6-5-7-16(12-15)23-3/h5-13H,1-4H3. The Kier molecular flexibility index (Phi) is 5.29. The van der Waals surface area contributed by atoms with E-state index in [0.717, 1.165) is 5.56 Å². The molecule has 0 aliphatic rings. The number of rotatable bonds is 5. The number of ether oxygens (including phenoxy) is 1. The third-order valence-electron chi connectivity index (χ3n) is 4.01. The molecule has 0 N–H and O–H groups in total. The zero-order chi connectivity index (χ0) is 17.9. The first-order valence-electron chi connectivity index (χ1n) is 7.45. The number of carbonyl (C=O) groups is 1. The molecule has 0 aromatic heterocycles. The van der Waals surface area contributed by atoms with Crippen molar-refractivity contribution in [1.82, 2.24) is 4.90 Å². The van der Waals surface area contributed by atoms with Crippen LogP contribution in [0.1, 0.15) is 28.9 Å². The van der Waals surface area contributed by atoms with E-state index in [-0.39, 0.29) is 16.8 Å². The molecule has 0 saturated heterocycles. The van der Waals surface area contributed by atoms with Gasteiger partial charge in [0.25, 0.3) is 5.91 Å². The zero-order valence-electron chi connectivity index (χ0n) is 14.2. The van der Waals surface area contributed by atoms with Crippen molar-refractivity contribution in [2.75, 3.05) is 20.4 Å². The Hall–Kier alpha value is -2.34. The molecule has 0 spiro atoms. The third-order valence-corrected chi connectivity index (χ3v) is 5.14. The van der Waals surface area contributed by atoms with Gasteiger partial charge in [0.05, 0.1) is 18.0 Å². The van der Waals surface area contributed by atoms with Crippen molar-refractivity contribution >= 4 is 15.7 Å². The lowest BCUT2D eigenvalue weighted by Crippen LogP contribution is -2.29. The Morgan fingerprint density at radius 1 is 1.12 bits per heavy atom. The van der Waals surface area contributed by atoms with Crippen LogP contribution >= 0.6 is 0 Å². The molecule has 2 aromatic carbocycles. The summed E-state index contributed by atoms with van der Waals surface area (Å²) < 4.78 is 28.2. The lowest BCUT2D eigenvalue weighted by Gasteiger charge is -2.25. The average molecular weight is 347 g/mol. The number of amides is 1. The van der Waals surface area contributed by atoms with E-state index in [1.807, 2.05) is 6.92 Å². The van der Waals surface area contributed by atoms with E-state index in [1.165, 1.54) is 6.26 Å². The van der Waals surface area contributed by atoms with Gasteiger partial charge in [-0.3, -0.25) is 4.79 Å². The highest BCUT2D eigenvalue weighted by atomic mass is 32.2. The quantitative estimate of drug-likeness (QED) is 0.834. The first-order chi connectivity index (χ1) is 11.2. The predicted octanol–water partition coefficient (Wildman–Crippen LogP) is 2.93. The molecule has 0 bridgehead atoms. The van der Waals surface area contributed by atoms with Crippen molar-refractivity contribution in [3.05, 3.63) is 59.7 Å². The summed E-state index contributed by atoms with van der Waals surface area (Å²) in [6.07, 6.45) is 1.17. The van der Waals surface area contributed by atoms with Crippen LogP contribution in [0.4, 0.5) is 0 Å². The molecule has 0 fully saturated rings. The molecule has 5 nitrogen and oxygen atoms in total. The molecule has 6 heteroatoms. The number of methoxy groups -OCH3 is 1. The Balaban J connectivity index is 2.22. The number of benzene rings is 2. The summed E-state index contributed by atoms with van der Waals surface area (Å²) in [5.74, 6) is 0.494. The predicted molar refractivity (Wildman–Crippen MR) is 93.1 cm³/mol. The van der Waals surface area contributed by atoms with Crippen molar-refractivity contribution < 1.29 is 17.9 Å². The maximum Gasteiger partial charge on any atom is 0.254 e. The van der Waals surface area contributed by atoms with Crippen LogP contribution in [-0.2, 0) is 9.84 Å². The second-order valence-electron chi connectivity index (χ2n) is 5.67. The Bertz CT molecular complexity index is 828. The summed E-state index contributed by atoms with van der Waals surface area (Å²) in [7, 11) is 0.0470. The first-order valence-corrected chi connectivity index (χ1v) is 9.34. The Labute approximate surface area is 142 Å². The van der Waals surface area contributed by atoms with Crippen LogP contribution in [-0.4, -0.2) is 39.6 Å². The van der Waals surface area contributed by atoms with Crippen molar-refractivity contribution in [2.45, 2.75) is 17.9 Å². The zero-order valence-corrected chi connectivity index (χ0v) is 15.0. The van der Waals surface area contributed by atoms with Crippen molar-refractivity contribution in [2.24, 2.45) is 0 Å². The second kappa shape index (κ2) is 7.05. The van der Waals surface area contributed by atoms with E-state index in [9.17, 15) is 13.2 Å². The van der Waals surface area contributed by atoms with Gasteiger partial charge in [0.2, 0.25) is 0 Å². The highest BCUT2D eigenvalue weighted by Gasteiger charge is 2.19. The fourth-order valence-corrected chi connectivity index (χ4v) is 2.98. The summed E-state index contributed by atoms with van der Waals surface area (Å²) in [5, 5.41) is 0. The van der Waals surface area contributed by atoms with Gasteiger partial charge in [-0.15, -0.1) is 0 Å². The average Bonchev–Trinajstić information content (AvgIpc) is 2.59. The molecule has 1 unspecified atom stereocenters. The monoisotopic (exact) mass is 347 g/mol. The molecule has 1 amide bonds. The van der Waals surface area contributed by atoms with Crippen LogP contribution in [0.2, 0.25) is 0 Å². The van der Waals surface area contributed by atoms with Gasteiger partial charge in [0.1, 0.15) is 5.75 Å². The van der Waals surface area contributed by atoms with Crippen LogP contribution in [0.5, 0.6) is 5.75 Å². The maximum absolute atomic E-state index is 12.6. The van der Waals surface area contributed by atoms with Gasteiger partial charge in [-0.05, 0) is 42.8 Å². The molecule has 0 aliphatic heterocycles. The fraction of sp³-hybridized carbons (Fsp3) is 0.278. The highest BCUT2D eigenvalue weighted by Crippen LogP contribution is 2.23. The third kappa shape index (κ3) is 3.94. The maximum atomic E-state index is 12.6. The van der Waals surface area contributed by atoms with Crippen LogP contribution in [0, 0.1) is 0 Å². The molecule has 0 heterocycles. The summed E-state index contributed by atoms with van der Waals surface area (Å²) in [4.78, 5) is 14.5. The minimum Gasteiger partial charge on any atom is -0.497 e. The number of nitrogens with zero attached hydrogens (tertiary/aromatic N) is 1. The molecule has 128 valence electrons. The molecular formula is C18H21NO4S. The van der Waals surface area contributed by atoms with Gasteiger partial charge >= 0.3 is 0 Å². The van der Waals surface area contributed by atoms with Gasteiger partial charge in [0.15, 0.2) is 9.84 Å². The summed E-state index contributed by atoms with van der Waals surface area (Å²) in [5.41, 5.74) is 1.40. The lowest BCUT2D eigenvalue weighted by molar-refractivity contribution is 0.0742. The van der Waals surface area contributed by atoms with Gasteiger partial charge in [0, 0.05) is 18.9 Å². The van der Waals surface area contributed by atoms with E-state index in [0.29, 0.717) is 11.3 Å². The number of hydrogen-bond donors (Lipinski definition) is 0. The van der Waals surface area contributed by atoms with Crippen LogP contribution in [0.25, 0.3) is 0 Å². The van der Waals surface area contributed by atoms with Gasteiger partial charge < -0.3 is 9.64 Å². The molecule has 1 atom stereocenters. The van der Waals surface area contributed by atoms with Crippen molar-refractivity contribution in [3.63, 3.8) is 0 Å². The van der Waals surface area contributed by atoms with E-state index in [2.05, 4.69) is 0 Å². The van der Waals surface area contributed by atoms with Gasteiger partial charge in [-0.25, -0.2) is 8.42 Å². The molecular weight excluding hydrogens is 326 g/mol. The highest BCUT2D eigenvalue weighted by molar-refractivity contribution is 7.90. The second-order valence-corrected chi connectivity index (χ2v) is 7.68. The van der Waals surface area contributed by atoms with E-state index >= 15 is 0 Å². The number of carbonyl (C=O) groups excluding carboxylic acids is 1. The van der Waals surface area contributed by atoms with Crippen molar-refractivity contribution in [3.8, 4) is 5.75 Å². The molecule has 0 aliphatic carbocycles. The van der Waals surface area contributed by atoms with Crippen LogP contribution in [0.3, 0.4) is 0 Å². The molecule has 0 saturated carbocycles. The van der Waals surface area contributed by atoms with Gasteiger partial charge in [-0.2, -0.15) is 0 Å². The minimum absolute atomic E-state index is 0.131. The van der Waals surface area contributed by atoms with Crippen LogP contribution < -0.4 is 4.74 Å². The van der Waals surface area contributed by atoms with Crippen molar-refractivity contribution in [1.29, 1.82) is 0 Å². The lowest BCUT2D eigenvalue weighted by atomic mass is 10.1. The summed E-state index contributed by atoms with van der Waals surface area (Å²) >= 11 is 0. The van der Waals surface area contributed by atoms with Gasteiger partial charge in [-0.1, -0.05) is 18.2 Å². The molecule has 2 rings (SSSR count). The smallest absolute Gasteiger partial charge is 0.254 e. The topological polar surface area (TPSA) is 63.7 Å². The minimum atomic E-state index is -3.23. The van der Waals surface area contributed by atoms with Crippen LogP contribution in [0.15, 0.2) is 53.4 Å². The number of sulfone groups is 1. The Morgan fingerprint density at radius 2 is 1.75 bits per heavy atom.